The number of carbonyl (C=O) groups excluding carboxylic acids is 2. The molecular weight excluding hydrogens is 443 g/mol. The molecule has 2 amide bonds. The summed E-state index contributed by atoms with van der Waals surface area (Å²) in [4.78, 5) is 30.2. The summed E-state index contributed by atoms with van der Waals surface area (Å²) in [6, 6.07) is 13.9. The maximum Gasteiger partial charge on any atom is 0.309 e. The summed E-state index contributed by atoms with van der Waals surface area (Å²) < 4.78 is 19.4. The van der Waals surface area contributed by atoms with Crippen LogP contribution in [0, 0.1) is 5.82 Å². The second-order valence-electron chi connectivity index (χ2n) is 7.96. The minimum absolute atomic E-state index is 0.0883. The molecule has 174 valence electrons. The van der Waals surface area contributed by atoms with Crippen LogP contribution in [0.25, 0.3) is 0 Å². The molecule has 0 saturated carbocycles. The molecule has 1 aliphatic rings. The van der Waals surface area contributed by atoms with Crippen molar-refractivity contribution >= 4 is 28.8 Å². The molecule has 1 aromatic carbocycles. The van der Waals surface area contributed by atoms with Gasteiger partial charge < -0.3 is 20.0 Å². The van der Waals surface area contributed by atoms with Crippen molar-refractivity contribution in [3.8, 4) is 0 Å². The van der Waals surface area contributed by atoms with Crippen LogP contribution in [0.4, 0.5) is 10.1 Å². The highest BCUT2D eigenvalue weighted by Crippen LogP contribution is 2.30. The molecule has 33 heavy (non-hydrogen) atoms. The molecule has 3 heterocycles. The van der Waals surface area contributed by atoms with Crippen molar-refractivity contribution in [2.45, 2.75) is 25.6 Å². The van der Waals surface area contributed by atoms with Crippen LogP contribution in [0.3, 0.4) is 0 Å². The van der Waals surface area contributed by atoms with E-state index in [1.807, 2.05) is 35.4 Å². The molecule has 2 atom stereocenters. The van der Waals surface area contributed by atoms with Gasteiger partial charge in [-0.15, -0.1) is 11.3 Å². The van der Waals surface area contributed by atoms with Gasteiger partial charge in [-0.25, -0.2) is 4.39 Å². The third-order valence-electron chi connectivity index (χ3n) is 5.78. The third kappa shape index (κ3) is 5.61. The average Bonchev–Trinajstić information content (AvgIpc) is 3.53. The lowest BCUT2D eigenvalue weighted by atomic mass is 10.0. The van der Waals surface area contributed by atoms with E-state index in [4.69, 9.17) is 4.42 Å². The van der Waals surface area contributed by atoms with E-state index in [1.54, 1.807) is 35.6 Å². The van der Waals surface area contributed by atoms with Crippen LogP contribution in [-0.2, 0) is 16.1 Å². The summed E-state index contributed by atoms with van der Waals surface area (Å²) in [5.74, 6) is -1.02. The van der Waals surface area contributed by atoms with Crippen molar-refractivity contribution < 1.29 is 18.4 Å². The van der Waals surface area contributed by atoms with Crippen LogP contribution in [0.2, 0.25) is 0 Å². The van der Waals surface area contributed by atoms with Crippen molar-refractivity contribution in [3.63, 3.8) is 0 Å². The Balaban J connectivity index is 1.38. The standard InChI is InChI=1S/C24H27FN4O3S/c1-17(27-24(31)23(30)26-16-18-6-4-14-32-18)22(21-9-5-15-33-21)29-12-10-28(11-13-29)20-8-3-2-7-19(20)25/h2-9,14-15,17,22H,10-13,16H2,1H3,(H,26,30)(H,27,31)/t17-,22+/m1/s1. The van der Waals surface area contributed by atoms with Gasteiger partial charge in [0.15, 0.2) is 0 Å². The number of amides is 2. The number of nitrogens with one attached hydrogen (secondary N) is 2. The van der Waals surface area contributed by atoms with Crippen molar-refractivity contribution in [3.05, 3.63) is 76.6 Å². The van der Waals surface area contributed by atoms with Crippen LogP contribution in [0.1, 0.15) is 23.6 Å². The number of rotatable bonds is 7. The Bertz CT molecular complexity index is 1050. The number of nitrogens with zero attached hydrogens (tertiary/aromatic N) is 2. The summed E-state index contributed by atoms with van der Waals surface area (Å²) in [6.07, 6.45) is 1.52. The van der Waals surface area contributed by atoms with Crippen molar-refractivity contribution in [1.82, 2.24) is 15.5 Å². The minimum Gasteiger partial charge on any atom is -0.467 e. The first-order chi connectivity index (χ1) is 16.0. The lowest BCUT2D eigenvalue weighted by molar-refractivity contribution is -0.140. The highest BCUT2D eigenvalue weighted by Gasteiger charge is 2.32. The van der Waals surface area contributed by atoms with Crippen LogP contribution < -0.4 is 15.5 Å². The van der Waals surface area contributed by atoms with Gasteiger partial charge in [-0.3, -0.25) is 14.5 Å². The van der Waals surface area contributed by atoms with Crippen LogP contribution in [0.15, 0.2) is 64.6 Å². The number of halogens is 1. The summed E-state index contributed by atoms with van der Waals surface area (Å²) in [6.45, 7) is 4.83. The van der Waals surface area contributed by atoms with Crippen molar-refractivity contribution in [1.29, 1.82) is 0 Å². The van der Waals surface area contributed by atoms with E-state index in [0.717, 1.165) is 4.88 Å². The molecule has 1 fully saturated rings. The quantitative estimate of drug-likeness (QED) is 0.519. The molecule has 0 aliphatic carbocycles. The summed E-state index contributed by atoms with van der Waals surface area (Å²) in [5.41, 5.74) is 0.611. The molecule has 7 nitrogen and oxygen atoms in total. The molecule has 0 radical (unpaired) electrons. The Morgan fingerprint density at radius 2 is 1.85 bits per heavy atom. The minimum atomic E-state index is -0.701. The van der Waals surface area contributed by atoms with Gasteiger partial charge in [-0.05, 0) is 42.6 Å². The van der Waals surface area contributed by atoms with Gasteiger partial charge in [0.05, 0.1) is 24.5 Å². The zero-order chi connectivity index (χ0) is 23.2. The third-order valence-corrected chi connectivity index (χ3v) is 6.72. The molecule has 4 rings (SSSR count). The van der Waals surface area contributed by atoms with E-state index >= 15 is 0 Å². The van der Waals surface area contributed by atoms with Gasteiger partial charge >= 0.3 is 11.8 Å². The number of thiophene rings is 1. The Labute approximate surface area is 196 Å². The zero-order valence-corrected chi connectivity index (χ0v) is 19.2. The molecular formula is C24H27FN4O3S. The normalized spacial score (nSPS) is 16.2. The molecule has 1 saturated heterocycles. The first-order valence-electron chi connectivity index (χ1n) is 10.9. The number of hydrogen-bond acceptors (Lipinski definition) is 6. The molecule has 2 N–H and O–H groups in total. The second kappa shape index (κ2) is 10.6. The van der Waals surface area contributed by atoms with E-state index in [9.17, 15) is 14.0 Å². The second-order valence-corrected chi connectivity index (χ2v) is 8.94. The zero-order valence-electron chi connectivity index (χ0n) is 18.4. The van der Waals surface area contributed by atoms with Gasteiger partial charge in [-0.1, -0.05) is 18.2 Å². The number of furan rings is 1. The molecule has 2 aromatic heterocycles. The lowest BCUT2D eigenvalue weighted by Crippen LogP contribution is -2.53. The van der Waals surface area contributed by atoms with Gasteiger partial charge in [0.1, 0.15) is 11.6 Å². The largest absolute Gasteiger partial charge is 0.467 e. The summed E-state index contributed by atoms with van der Waals surface area (Å²) in [7, 11) is 0. The number of hydrogen-bond donors (Lipinski definition) is 2. The Kier molecular flexibility index (Phi) is 7.41. The monoisotopic (exact) mass is 470 g/mol. The first kappa shape index (κ1) is 23.0. The van der Waals surface area contributed by atoms with Crippen molar-refractivity contribution in [2.75, 3.05) is 31.1 Å². The van der Waals surface area contributed by atoms with Gasteiger partial charge in [0, 0.05) is 37.1 Å². The average molecular weight is 471 g/mol. The topological polar surface area (TPSA) is 77.8 Å². The Morgan fingerprint density at radius 1 is 1.06 bits per heavy atom. The molecule has 0 unspecified atom stereocenters. The van der Waals surface area contributed by atoms with Crippen LogP contribution in [-0.4, -0.2) is 48.9 Å². The Morgan fingerprint density at radius 3 is 2.52 bits per heavy atom. The molecule has 1 aliphatic heterocycles. The van der Waals surface area contributed by atoms with E-state index in [0.29, 0.717) is 37.6 Å². The van der Waals surface area contributed by atoms with Gasteiger partial charge in [0.2, 0.25) is 0 Å². The lowest BCUT2D eigenvalue weighted by Gasteiger charge is -2.42. The smallest absolute Gasteiger partial charge is 0.309 e. The van der Waals surface area contributed by atoms with Crippen LogP contribution >= 0.6 is 11.3 Å². The number of piperazine rings is 1. The number of benzene rings is 1. The summed E-state index contributed by atoms with van der Waals surface area (Å²) >= 11 is 1.62. The summed E-state index contributed by atoms with van der Waals surface area (Å²) in [5, 5.41) is 7.43. The van der Waals surface area contributed by atoms with Gasteiger partial charge in [0.25, 0.3) is 0 Å². The van der Waals surface area contributed by atoms with Crippen LogP contribution in [0.5, 0.6) is 0 Å². The van der Waals surface area contributed by atoms with E-state index in [2.05, 4.69) is 15.5 Å². The predicted octanol–water partition coefficient (Wildman–Crippen LogP) is 3.16. The van der Waals surface area contributed by atoms with Crippen molar-refractivity contribution in [2.24, 2.45) is 0 Å². The van der Waals surface area contributed by atoms with Gasteiger partial charge in [-0.2, -0.15) is 0 Å². The highest BCUT2D eigenvalue weighted by atomic mass is 32.1. The van der Waals surface area contributed by atoms with E-state index in [-0.39, 0.29) is 24.4 Å². The molecule has 0 bridgehead atoms. The highest BCUT2D eigenvalue weighted by molar-refractivity contribution is 7.10. The maximum atomic E-state index is 14.2. The van der Waals surface area contributed by atoms with E-state index in [1.165, 1.54) is 12.3 Å². The fourth-order valence-corrected chi connectivity index (χ4v) is 5.13. The predicted molar refractivity (Wildman–Crippen MR) is 125 cm³/mol. The number of anilines is 1. The molecule has 0 spiro atoms. The first-order valence-corrected chi connectivity index (χ1v) is 11.8. The number of para-hydroxylation sites is 1. The maximum absolute atomic E-state index is 14.2. The number of carbonyl (C=O) groups is 2. The van der Waals surface area contributed by atoms with E-state index < -0.39 is 11.8 Å². The Hall–Kier alpha value is -3.17. The molecule has 3 aromatic rings. The fraction of sp³-hybridized carbons (Fsp3) is 0.333. The SMILES string of the molecule is C[C@@H](NC(=O)C(=O)NCc1ccco1)[C@@H](c1cccs1)N1CCN(c2ccccc2F)CC1. The molecule has 9 heteroatoms. The fourth-order valence-electron chi connectivity index (χ4n) is 4.16.